The summed E-state index contributed by atoms with van der Waals surface area (Å²) in [6, 6.07) is 8.01. The second-order valence-electron chi connectivity index (χ2n) is 4.39. The van der Waals surface area contributed by atoms with Gasteiger partial charge in [-0.15, -0.1) is 0 Å². The van der Waals surface area contributed by atoms with Crippen molar-refractivity contribution in [2.75, 3.05) is 6.54 Å². The van der Waals surface area contributed by atoms with E-state index in [1.54, 1.807) is 24.3 Å². The van der Waals surface area contributed by atoms with Crippen LogP contribution >= 0.6 is 0 Å². The third-order valence-corrected chi connectivity index (χ3v) is 2.77. The largest absolute Gasteiger partial charge is 0.480 e. The molecule has 1 aromatic rings. The molecule has 0 aliphatic rings. The van der Waals surface area contributed by atoms with Gasteiger partial charge in [0.05, 0.1) is 6.54 Å². The number of hydrogen-bond acceptors (Lipinski definition) is 4. The van der Waals surface area contributed by atoms with Gasteiger partial charge in [-0.25, -0.2) is 4.79 Å². The number of benzene rings is 1. The van der Waals surface area contributed by atoms with Crippen molar-refractivity contribution in [3.63, 3.8) is 0 Å². The molecule has 6 heteroatoms. The van der Waals surface area contributed by atoms with Crippen LogP contribution in [-0.4, -0.2) is 35.4 Å². The predicted octanol–water partition coefficient (Wildman–Crippen LogP) is 0.107. The van der Waals surface area contributed by atoms with E-state index in [0.29, 0.717) is 0 Å². The number of nitrogens with two attached hydrogens (primary N) is 1. The highest BCUT2D eigenvalue weighted by molar-refractivity contribution is 5.88. The first-order valence-corrected chi connectivity index (χ1v) is 6.30. The van der Waals surface area contributed by atoms with Gasteiger partial charge in [-0.05, 0) is 5.56 Å². The number of ketones is 1. The number of carboxylic acid groups (broad SMARTS) is 1. The van der Waals surface area contributed by atoms with Gasteiger partial charge in [-0.1, -0.05) is 30.3 Å². The Kier molecular flexibility index (Phi) is 6.39. The molecule has 0 aliphatic heterocycles. The predicted molar refractivity (Wildman–Crippen MR) is 73.0 cm³/mol. The maximum absolute atomic E-state index is 11.6. The zero-order valence-electron chi connectivity index (χ0n) is 11.0. The van der Waals surface area contributed by atoms with E-state index in [1.807, 2.05) is 6.07 Å². The van der Waals surface area contributed by atoms with Gasteiger partial charge in [0.15, 0.2) is 0 Å². The highest BCUT2D eigenvalue weighted by Gasteiger charge is 2.20. The summed E-state index contributed by atoms with van der Waals surface area (Å²) in [7, 11) is 0. The van der Waals surface area contributed by atoms with Crippen LogP contribution in [0.3, 0.4) is 0 Å². The molecule has 0 spiro atoms. The van der Waals surface area contributed by atoms with Crippen LogP contribution in [0.2, 0.25) is 0 Å². The summed E-state index contributed by atoms with van der Waals surface area (Å²) >= 11 is 0. The molecule has 0 saturated carbocycles. The first-order chi connectivity index (χ1) is 9.52. The maximum Gasteiger partial charge on any atom is 0.326 e. The topological polar surface area (TPSA) is 109 Å². The Morgan fingerprint density at radius 3 is 2.35 bits per heavy atom. The number of carbonyl (C=O) groups is 3. The molecule has 0 bridgehead atoms. The van der Waals surface area contributed by atoms with E-state index in [4.69, 9.17) is 10.8 Å². The number of carboxylic acids is 1. The Morgan fingerprint density at radius 1 is 1.15 bits per heavy atom. The van der Waals surface area contributed by atoms with Crippen molar-refractivity contribution in [1.82, 2.24) is 5.32 Å². The lowest BCUT2D eigenvalue weighted by molar-refractivity contribution is -0.141. The zero-order chi connectivity index (χ0) is 15.0. The molecule has 1 unspecified atom stereocenters. The van der Waals surface area contributed by atoms with Gasteiger partial charge in [0.25, 0.3) is 0 Å². The third kappa shape index (κ3) is 5.62. The Labute approximate surface area is 117 Å². The maximum atomic E-state index is 11.6. The molecule has 1 aromatic carbocycles. The highest BCUT2D eigenvalue weighted by atomic mass is 16.4. The van der Waals surface area contributed by atoms with E-state index >= 15 is 0 Å². The molecular formula is C14H18N2O4. The van der Waals surface area contributed by atoms with Crippen LogP contribution in [0, 0.1) is 0 Å². The fourth-order valence-corrected chi connectivity index (χ4v) is 1.67. The average molecular weight is 278 g/mol. The van der Waals surface area contributed by atoms with Gasteiger partial charge < -0.3 is 16.2 Å². The Bertz CT molecular complexity index is 473. The van der Waals surface area contributed by atoms with Crippen LogP contribution in [0.25, 0.3) is 0 Å². The summed E-state index contributed by atoms with van der Waals surface area (Å²) in [5.74, 6) is -1.79. The van der Waals surface area contributed by atoms with Gasteiger partial charge in [-0.3, -0.25) is 9.59 Å². The second-order valence-corrected chi connectivity index (χ2v) is 4.39. The lowest BCUT2D eigenvalue weighted by Gasteiger charge is -2.14. The molecule has 4 N–H and O–H groups in total. The van der Waals surface area contributed by atoms with Gasteiger partial charge >= 0.3 is 5.97 Å². The van der Waals surface area contributed by atoms with Crippen molar-refractivity contribution in [3.05, 3.63) is 35.9 Å². The van der Waals surface area contributed by atoms with Crippen LogP contribution in [0.15, 0.2) is 30.3 Å². The van der Waals surface area contributed by atoms with E-state index < -0.39 is 17.9 Å². The SMILES string of the molecule is NCC(=O)CCC(=O)NC(Cc1ccccc1)C(=O)O. The molecule has 0 heterocycles. The smallest absolute Gasteiger partial charge is 0.326 e. The first kappa shape index (κ1) is 15.8. The number of amides is 1. The number of carbonyl (C=O) groups excluding carboxylic acids is 2. The fraction of sp³-hybridized carbons (Fsp3) is 0.357. The molecule has 20 heavy (non-hydrogen) atoms. The van der Waals surface area contributed by atoms with Crippen molar-refractivity contribution in [3.8, 4) is 0 Å². The normalized spacial score (nSPS) is 11.7. The molecule has 108 valence electrons. The van der Waals surface area contributed by atoms with Gasteiger partial charge in [0, 0.05) is 19.3 Å². The number of Topliss-reactive ketones (excluding diaryl/α,β-unsaturated/α-hetero) is 1. The minimum Gasteiger partial charge on any atom is -0.480 e. The molecule has 0 fully saturated rings. The Morgan fingerprint density at radius 2 is 1.80 bits per heavy atom. The van der Waals surface area contributed by atoms with E-state index in [9.17, 15) is 14.4 Å². The van der Waals surface area contributed by atoms with Crippen LogP contribution in [-0.2, 0) is 20.8 Å². The lowest BCUT2D eigenvalue weighted by atomic mass is 10.1. The molecular weight excluding hydrogens is 260 g/mol. The number of hydrogen-bond donors (Lipinski definition) is 3. The summed E-state index contributed by atoms with van der Waals surface area (Å²) in [5, 5.41) is 11.5. The van der Waals surface area contributed by atoms with E-state index in [2.05, 4.69) is 5.32 Å². The highest BCUT2D eigenvalue weighted by Crippen LogP contribution is 2.04. The molecule has 0 aliphatic carbocycles. The Balaban J connectivity index is 2.53. The van der Waals surface area contributed by atoms with Crippen molar-refractivity contribution in [2.24, 2.45) is 5.73 Å². The van der Waals surface area contributed by atoms with Crippen LogP contribution in [0.1, 0.15) is 18.4 Å². The monoisotopic (exact) mass is 278 g/mol. The summed E-state index contributed by atoms with van der Waals surface area (Å²) in [4.78, 5) is 33.7. The van der Waals surface area contributed by atoms with Crippen LogP contribution in [0.5, 0.6) is 0 Å². The van der Waals surface area contributed by atoms with Crippen molar-refractivity contribution in [1.29, 1.82) is 0 Å². The first-order valence-electron chi connectivity index (χ1n) is 6.30. The molecule has 1 amide bonds. The van der Waals surface area contributed by atoms with Crippen molar-refractivity contribution >= 4 is 17.7 Å². The van der Waals surface area contributed by atoms with Crippen molar-refractivity contribution < 1.29 is 19.5 Å². The average Bonchev–Trinajstić information content (AvgIpc) is 2.45. The molecule has 0 radical (unpaired) electrons. The van der Waals surface area contributed by atoms with Crippen LogP contribution in [0.4, 0.5) is 0 Å². The number of aliphatic carboxylic acids is 1. The van der Waals surface area contributed by atoms with E-state index in [-0.39, 0.29) is 31.6 Å². The summed E-state index contributed by atoms with van der Waals surface area (Å²) in [5.41, 5.74) is 5.95. The fourth-order valence-electron chi connectivity index (χ4n) is 1.67. The molecule has 1 rings (SSSR count). The lowest BCUT2D eigenvalue weighted by Crippen LogP contribution is -2.42. The second kappa shape index (κ2) is 8.06. The quantitative estimate of drug-likeness (QED) is 0.625. The Hall–Kier alpha value is -2.21. The zero-order valence-corrected chi connectivity index (χ0v) is 11.0. The van der Waals surface area contributed by atoms with E-state index in [0.717, 1.165) is 5.56 Å². The molecule has 1 atom stereocenters. The number of rotatable bonds is 8. The van der Waals surface area contributed by atoms with Gasteiger partial charge in [0.2, 0.25) is 5.91 Å². The molecule has 6 nitrogen and oxygen atoms in total. The van der Waals surface area contributed by atoms with E-state index in [1.165, 1.54) is 0 Å². The van der Waals surface area contributed by atoms with Crippen LogP contribution < -0.4 is 11.1 Å². The molecule has 0 aromatic heterocycles. The summed E-state index contributed by atoms with van der Waals surface area (Å²) in [6.07, 6.45) is 0.182. The van der Waals surface area contributed by atoms with Gasteiger partial charge in [0.1, 0.15) is 11.8 Å². The number of nitrogens with one attached hydrogen (secondary N) is 1. The summed E-state index contributed by atoms with van der Waals surface area (Å²) in [6.45, 7) is -0.111. The molecule has 0 saturated heterocycles. The summed E-state index contributed by atoms with van der Waals surface area (Å²) < 4.78 is 0. The third-order valence-electron chi connectivity index (χ3n) is 2.77. The van der Waals surface area contributed by atoms with Gasteiger partial charge in [-0.2, -0.15) is 0 Å². The minimum absolute atomic E-state index is 0.0278. The minimum atomic E-state index is -1.10. The van der Waals surface area contributed by atoms with Crippen molar-refractivity contribution in [2.45, 2.75) is 25.3 Å². The standard InChI is InChI=1S/C14H18N2O4/c15-9-11(17)6-7-13(18)16-12(14(19)20)8-10-4-2-1-3-5-10/h1-5,12H,6-9,15H2,(H,16,18)(H,19,20).